The molecule has 0 aliphatic heterocycles. The molecular formula is C14H18N2OS. The Morgan fingerprint density at radius 3 is 2.78 bits per heavy atom. The average Bonchev–Trinajstić information content (AvgIpc) is 2.70. The van der Waals surface area contributed by atoms with Gasteiger partial charge in [0.25, 0.3) is 0 Å². The van der Waals surface area contributed by atoms with E-state index in [-0.39, 0.29) is 11.8 Å². The summed E-state index contributed by atoms with van der Waals surface area (Å²) in [6, 6.07) is 5.88. The van der Waals surface area contributed by atoms with Crippen LogP contribution in [0.3, 0.4) is 0 Å². The van der Waals surface area contributed by atoms with E-state index in [9.17, 15) is 4.79 Å². The van der Waals surface area contributed by atoms with Crippen molar-refractivity contribution in [3.05, 3.63) is 23.2 Å². The summed E-state index contributed by atoms with van der Waals surface area (Å²) in [5.41, 5.74) is 1.86. The maximum atomic E-state index is 12.0. The van der Waals surface area contributed by atoms with Crippen LogP contribution in [-0.4, -0.2) is 10.9 Å². The van der Waals surface area contributed by atoms with E-state index in [4.69, 9.17) is 0 Å². The van der Waals surface area contributed by atoms with Crippen LogP contribution in [0.5, 0.6) is 0 Å². The van der Waals surface area contributed by atoms with Gasteiger partial charge in [-0.05, 0) is 38.0 Å². The first-order chi connectivity index (χ1) is 8.63. The molecule has 0 atom stereocenters. The predicted octanol–water partition coefficient (Wildman–Crippen LogP) is 3.98. The quantitative estimate of drug-likeness (QED) is 0.905. The van der Waals surface area contributed by atoms with Gasteiger partial charge in [0.15, 0.2) is 0 Å². The third kappa shape index (κ3) is 2.70. The van der Waals surface area contributed by atoms with E-state index in [0.29, 0.717) is 0 Å². The second-order valence-electron chi connectivity index (χ2n) is 4.42. The van der Waals surface area contributed by atoms with Gasteiger partial charge in [-0.3, -0.25) is 4.79 Å². The summed E-state index contributed by atoms with van der Waals surface area (Å²) in [7, 11) is 0. The van der Waals surface area contributed by atoms with Crippen molar-refractivity contribution < 1.29 is 4.79 Å². The Morgan fingerprint density at radius 2 is 2.11 bits per heavy atom. The van der Waals surface area contributed by atoms with Crippen LogP contribution in [0, 0.1) is 12.8 Å². The fraction of sp³-hybridized carbons (Fsp3) is 0.429. The third-order valence-corrected chi connectivity index (χ3v) is 4.05. The van der Waals surface area contributed by atoms with Gasteiger partial charge in [-0.2, -0.15) is 0 Å². The second-order valence-corrected chi connectivity index (χ2v) is 5.65. The number of carbonyl (C=O) groups is 1. The molecule has 0 fully saturated rings. The number of hydrogen-bond acceptors (Lipinski definition) is 3. The van der Waals surface area contributed by atoms with E-state index in [1.54, 1.807) is 11.3 Å². The Kier molecular flexibility index (Phi) is 3.97. The Labute approximate surface area is 111 Å². The fourth-order valence-electron chi connectivity index (χ4n) is 2.02. The van der Waals surface area contributed by atoms with Gasteiger partial charge in [0.2, 0.25) is 5.91 Å². The van der Waals surface area contributed by atoms with Crippen LogP contribution in [0.15, 0.2) is 18.2 Å². The Balaban J connectivity index is 2.18. The third-order valence-electron chi connectivity index (χ3n) is 3.12. The number of nitrogens with one attached hydrogen (secondary N) is 1. The minimum Gasteiger partial charge on any atom is -0.326 e. The molecule has 0 spiro atoms. The Bertz CT molecular complexity index is 558. The molecule has 0 aliphatic carbocycles. The molecule has 0 saturated carbocycles. The summed E-state index contributed by atoms with van der Waals surface area (Å²) in [6.07, 6.45) is 1.76. The first-order valence-electron chi connectivity index (χ1n) is 6.32. The Hall–Kier alpha value is -1.42. The summed E-state index contributed by atoms with van der Waals surface area (Å²) in [6.45, 7) is 6.08. The zero-order valence-corrected chi connectivity index (χ0v) is 11.8. The van der Waals surface area contributed by atoms with E-state index < -0.39 is 0 Å². The maximum absolute atomic E-state index is 12.0. The fourth-order valence-corrected chi connectivity index (χ4v) is 2.89. The van der Waals surface area contributed by atoms with Gasteiger partial charge >= 0.3 is 0 Å². The first kappa shape index (κ1) is 13.0. The van der Waals surface area contributed by atoms with Gasteiger partial charge < -0.3 is 5.32 Å². The molecule has 0 bridgehead atoms. The van der Waals surface area contributed by atoms with Crippen LogP contribution < -0.4 is 5.32 Å². The normalized spacial score (nSPS) is 11.1. The number of anilines is 1. The van der Waals surface area contributed by atoms with E-state index in [1.807, 2.05) is 39.0 Å². The van der Waals surface area contributed by atoms with Crippen LogP contribution in [0.4, 0.5) is 5.69 Å². The lowest BCUT2D eigenvalue weighted by atomic mass is 10.0. The number of fused-ring (bicyclic) bond motifs is 1. The molecule has 0 aliphatic rings. The number of carbonyl (C=O) groups excluding carboxylic acids is 1. The lowest BCUT2D eigenvalue weighted by Gasteiger charge is -2.12. The highest BCUT2D eigenvalue weighted by molar-refractivity contribution is 7.18. The lowest BCUT2D eigenvalue weighted by molar-refractivity contribution is -0.120. The number of aromatic nitrogens is 1. The van der Waals surface area contributed by atoms with Crippen molar-refractivity contribution in [2.45, 2.75) is 33.6 Å². The molecule has 96 valence electrons. The number of benzene rings is 1. The molecule has 0 saturated heterocycles. The van der Waals surface area contributed by atoms with E-state index in [0.717, 1.165) is 33.8 Å². The topological polar surface area (TPSA) is 42.0 Å². The SMILES string of the molecule is CCC(CC)C(=O)Nc1ccc2nc(C)sc2c1. The molecule has 1 amide bonds. The first-order valence-corrected chi connectivity index (χ1v) is 7.13. The smallest absolute Gasteiger partial charge is 0.227 e. The number of thiazole rings is 1. The minimum atomic E-state index is 0.101. The van der Waals surface area contributed by atoms with Gasteiger partial charge in [-0.15, -0.1) is 11.3 Å². The number of amides is 1. The van der Waals surface area contributed by atoms with Gasteiger partial charge in [0.1, 0.15) is 0 Å². The summed E-state index contributed by atoms with van der Waals surface area (Å²) >= 11 is 1.65. The van der Waals surface area contributed by atoms with Gasteiger partial charge in [-0.25, -0.2) is 4.98 Å². The summed E-state index contributed by atoms with van der Waals surface area (Å²) in [5.74, 6) is 0.212. The van der Waals surface area contributed by atoms with Crippen LogP contribution in [-0.2, 0) is 4.79 Å². The average molecular weight is 262 g/mol. The highest BCUT2D eigenvalue weighted by atomic mass is 32.1. The minimum absolute atomic E-state index is 0.101. The molecule has 18 heavy (non-hydrogen) atoms. The molecule has 2 aromatic rings. The highest BCUT2D eigenvalue weighted by Crippen LogP contribution is 2.25. The largest absolute Gasteiger partial charge is 0.326 e. The molecule has 3 nitrogen and oxygen atoms in total. The van der Waals surface area contributed by atoms with E-state index >= 15 is 0 Å². The van der Waals surface area contributed by atoms with Gasteiger partial charge in [0.05, 0.1) is 15.2 Å². The van der Waals surface area contributed by atoms with E-state index in [2.05, 4.69) is 10.3 Å². The number of hydrogen-bond donors (Lipinski definition) is 1. The van der Waals surface area contributed by atoms with Crippen molar-refractivity contribution in [2.24, 2.45) is 5.92 Å². The van der Waals surface area contributed by atoms with Gasteiger partial charge in [0, 0.05) is 11.6 Å². The molecule has 1 N–H and O–H groups in total. The molecule has 1 aromatic heterocycles. The van der Waals surface area contributed by atoms with Crippen molar-refractivity contribution >= 4 is 33.1 Å². The maximum Gasteiger partial charge on any atom is 0.227 e. The molecule has 0 unspecified atom stereocenters. The van der Waals surface area contributed by atoms with Crippen molar-refractivity contribution in [3.8, 4) is 0 Å². The summed E-state index contributed by atoms with van der Waals surface area (Å²) in [5, 5.41) is 4.03. The molecule has 1 aromatic carbocycles. The van der Waals surface area contributed by atoms with Crippen LogP contribution in [0.2, 0.25) is 0 Å². The monoisotopic (exact) mass is 262 g/mol. The zero-order chi connectivity index (χ0) is 13.1. The summed E-state index contributed by atoms with van der Waals surface area (Å²) < 4.78 is 1.12. The van der Waals surface area contributed by atoms with E-state index in [1.165, 1.54) is 0 Å². The zero-order valence-electron chi connectivity index (χ0n) is 11.0. The van der Waals surface area contributed by atoms with Crippen molar-refractivity contribution in [2.75, 3.05) is 5.32 Å². The molecule has 1 heterocycles. The second kappa shape index (κ2) is 5.48. The molecule has 2 rings (SSSR count). The number of rotatable bonds is 4. The lowest BCUT2D eigenvalue weighted by Crippen LogP contribution is -2.21. The number of nitrogens with zero attached hydrogens (tertiary/aromatic N) is 1. The number of aryl methyl sites for hydroxylation is 1. The van der Waals surface area contributed by atoms with Crippen molar-refractivity contribution in [3.63, 3.8) is 0 Å². The Morgan fingerprint density at radius 1 is 1.39 bits per heavy atom. The van der Waals surface area contributed by atoms with Gasteiger partial charge in [-0.1, -0.05) is 13.8 Å². The van der Waals surface area contributed by atoms with Crippen molar-refractivity contribution in [1.29, 1.82) is 0 Å². The standard InChI is InChI=1S/C14H18N2OS/c1-4-10(5-2)14(17)16-11-6-7-12-13(8-11)18-9(3)15-12/h6-8,10H,4-5H2,1-3H3,(H,16,17). The summed E-state index contributed by atoms with van der Waals surface area (Å²) in [4.78, 5) is 16.4. The molecule has 0 radical (unpaired) electrons. The molecule has 4 heteroatoms. The van der Waals surface area contributed by atoms with Crippen molar-refractivity contribution in [1.82, 2.24) is 4.98 Å². The van der Waals surface area contributed by atoms with Crippen LogP contribution in [0.25, 0.3) is 10.2 Å². The molecular weight excluding hydrogens is 244 g/mol. The van der Waals surface area contributed by atoms with Crippen LogP contribution in [0.1, 0.15) is 31.7 Å². The van der Waals surface area contributed by atoms with Crippen LogP contribution >= 0.6 is 11.3 Å². The highest BCUT2D eigenvalue weighted by Gasteiger charge is 2.14. The predicted molar refractivity (Wildman–Crippen MR) is 77.1 cm³/mol.